The number of thiophene rings is 1. The van der Waals surface area contributed by atoms with Gasteiger partial charge in [-0.25, -0.2) is 0 Å². The summed E-state index contributed by atoms with van der Waals surface area (Å²) in [5, 5.41) is 2.67. The van der Waals surface area contributed by atoms with Gasteiger partial charge in [0.1, 0.15) is 0 Å². The Morgan fingerprint density at radius 2 is 1.19 bits per heavy atom. The molecule has 0 aliphatic heterocycles. The number of rotatable bonds is 3. The molecule has 0 fully saturated rings. The van der Waals surface area contributed by atoms with Gasteiger partial charge in [-0.2, -0.15) is 0 Å². The molecule has 0 radical (unpaired) electrons. The van der Waals surface area contributed by atoms with Crippen molar-refractivity contribution in [2.24, 2.45) is 0 Å². The van der Waals surface area contributed by atoms with Crippen LogP contribution in [-0.4, -0.2) is 4.98 Å². The van der Waals surface area contributed by atoms with Crippen molar-refractivity contribution >= 4 is 31.5 Å². The van der Waals surface area contributed by atoms with Gasteiger partial charge >= 0.3 is 0 Å². The minimum Gasteiger partial charge on any atom is -0.256 e. The lowest BCUT2D eigenvalue weighted by atomic mass is 9.96. The number of pyridine rings is 1. The van der Waals surface area contributed by atoms with E-state index in [1.807, 2.05) is 29.7 Å². The molecule has 4 aromatic carbocycles. The van der Waals surface area contributed by atoms with Gasteiger partial charge in [0, 0.05) is 31.9 Å². The fourth-order valence-electron chi connectivity index (χ4n) is 4.23. The van der Waals surface area contributed by atoms with Gasteiger partial charge in [0.15, 0.2) is 0 Å². The largest absolute Gasteiger partial charge is 0.256 e. The number of nitrogens with zero attached hydrogens (tertiary/aromatic N) is 1. The van der Waals surface area contributed by atoms with E-state index in [1.165, 1.54) is 42.4 Å². The Bertz CT molecular complexity index is 1530. The van der Waals surface area contributed by atoms with E-state index >= 15 is 0 Å². The molecule has 2 heterocycles. The first kappa shape index (κ1) is 18.1. The van der Waals surface area contributed by atoms with Crippen LogP contribution in [0.15, 0.2) is 115 Å². The topological polar surface area (TPSA) is 12.9 Å². The highest BCUT2D eigenvalue weighted by atomic mass is 32.1. The molecule has 0 aliphatic carbocycles. The molecule has 146 valence electrons. The second-order valence-corrected chi connectivity index (χ2v) is 8.71. The number of hydrogen-bond donors (Lipinski definition) is 0. The highest BCUT2D eigenvalue weighted by molar-refractivity contribution is 7.26. The van der Waals surface area contributed by atoms with Crippen LogP contribution in [0.3, 0.4) is 0 Å². The maximum atomic E-state index is 4.51. The highest BCUT2D eigenvalue weighted by Gasteiger charge is 2.11. The van der Waals surface area contributed by atoms with Crippen molar-refractivity contribution in [1.29, 1.82) is 0 Å². The van der Waals surface area contributed by atoms with Crippen LogP contribution in [-0.2, 0) is 0 Å². The van der Waals surface area contributed by atoms with Crippen molar-refractivity contribution in [3.63, 3.8) is 0 Å². The summed E-state index contributed by atoms with van der Waals surface area (Å²) < 4.78 is 2.69. The third-order valence-corrected chi connectivity index (χ3v) is 6.95. The van der Waals surface area contributed by atoms with Crippen LogP contribution in [0.4, 0.5) is 0 Å². The first-order chi connectivity index (χ1) is 15.4. The molecule has 0 aliphatic rings. The van der Waals surface area contributed by atoms with Gasteiger partial charge < -0.3 is 0 Å². The molecule has 0 bridgehead atoms. The molecule has 0 amide bonds. The van der Waals surface area contributed by atoms with Gasteiger partial charge in [0.05, 0.1) is 5.69 Å². The molecular weight excluding hydrogens is 394 g/mol. The lowest BCUT2D eigenvalue weighted by Crippen LogP contribution is -1.85. The molecule has 0 unspecified atom stereocenters. The van der Waals surface area contributed by atoms with Crippen LogP contribution >= 0.6 is 11.3 Å². The number of hydrogen-bond acceptors (Lipinski definition) is 2. The number of benzene rings is 4. The van der Waals surface area contributed by atoms with Crippen LogP contribution in [0.25, 0.3) is 53.7 Å². The maximum absolute atomic E-state index is 4.51. The third kappa shape index (κ3) is 3.22. The molecule has 0 saturated carbocycles. The van der Waals surface area contributed by atoms with Crippen molar-refractivity contribution in [3.05, 3.63) is 115 Å². The van der Waals surface area contributed by atoms with Crippen LogP contribution in [0.1, 0.15) is 0 Å². The summed E-state index contributed by atoms with van der Waals surface area (Å²) in [5.41, 5.74) is 7.09. The third-order valence-electron chi connectivity index (χ3n) is 5.73. The first-order valence-corrected chi connectivity index (χ1v) is 11.2. The van der Waals surface area contributed by atoms with E-state index in [-0.39, 0.29) is 0 Å². The van der Waals surface area contributed by atoms with Crippen LogP contribution in [0.2, 0.25) is 0 Å². The Hall–Kier alpha value is -3.75. The zero-order chi connectivity index (χ0) is 20.6. The summed E-state index contributed by atoms with van der Waals surface area (Å²) in [5.74, 6) is 0. The van der Waals surface area contributed by atoms with Crippen LogP contribution in [0.5, 0.6) is 0 Å². The fraction of sp³-hybridized carbons (Fsp3) is 0. The Morgan fingerprint density at radius 1 is 0.516 bits per heavy atom. The van der Waals surface area contributed by atoms with E-state index in [1.54, 1.807) is 0 Å². The highest BCUT2D eigenvalue weighted by Crippen LogP contribution is 2.40. The molecule has 0 saturated heterocycles. The van der Waals surface area contributed by atoms with E-state index in [4.69, 9.17) is 0 Å². The van der Waals surface area contributed by atoms with E-state index < -0.39 is 0 Å². The minimum absolute atomic E-state index is 0.996. The maximum Gasteiger partial charge on any atom is 0.0702 e. The van der Waals surface area contributed by atoms with Crippen molar-refractivity contribution in [3.8, 4) is 33.5 Å². The van der Waals surface area contributed by atoms with E-state index in [9.17, 15) is 0 Å². The Balaban J connectivity index is 1.48. The normalized spacial score (nSPS) is 11.2. The summed E-state index contributed by atoms with van der Waals surface area (Å²) in [6.07, 6.45) is 1.84. The molecule has 2 heteroatoms. The van der Waals surface area contributed by atoms with Crippen LogP contribution < -0.4 is 0 Å². The van der Waals surface area contributed by atoms with Crippen molar-refractivity contribution in [2.45, 2.75) is 0 Å². The van der Waals surface area contributed by atoms with Crippen molar-refractivity contribution in [1.82, 2.24) is 4.98 Å². The zero-order valence-electron chi connectivity index (χ0n) is 16.8. The Morgan fingerprint density at radius 3 is 2.03 bits per heavy atom. The predicted molar refractivity (Wildman–Crippen MR) is 133 cm³/mol. The minimum atomic E-state index is 0.996. The molecule has 6 rings (SSSR count). The van der Waals surface area contributed by atoms with Gasteiger partial charge in [0.25, 0.3) is 0 Å². The van der Waals surface area contributed by atoms with Crippen LogP contribution in [0, 0.1) is 0 Å². The lowest BCUT2D eigenvalue weighted by Gasteiger charge is -2.09. The lowest BCUT2D eigenvalue weighted by molar-refractivity contribution is 1.33. The summed E-state index contributed by atoms with van der Waals surface area (Å²) in [6.45, 7) is 0. The summed E-state index contributed by atoms with van der Waals surface area (Å²) in [4.78, 5) is 4.51. The summed E-state index contributed by atoms with van der Waals surface area (Å²) in [6, 6.07) is 38.8. The quantitative estimate of drug-likeness (QED) is 0.283. The fourth-order valence-corrected chi connectivity index (χ4v) is 5.47. The first-order valence-electron chi connectivity index (χ1n) is 10.4. The molecule has 0 N–H and O–H groups in total. The molecule has 0 atom stereocenters. The molecule has 6 aromatic rings. The van der Waals surface area contributed by atoms with E-state index in [0.717, 1.165) is 11.3 Å². The number of fused-ring (bicyclic) bond motifs is 3. The monoisotopic (exact) mass is 413 g/mol. The zero-order valence-corrected chi connectivity index (χ0v) is 17.6. The van der Waals surface area contributed by atoms with Gasteiger partial charge in [-0.15, -0.1) is 11.3 Å². The van der Waals surface area contributed by atoms with E-state index in [2.05, 4.69) is 102 Å². The molecule has 2 aromatic heterocycles. The van der Waals surface area contributed by atoms with Gasteiger partial charge in [-0.05, 0) is 52.6 Å². The van der Waals surface area contributed by atoms with E-state index in [0.29, 0.717) is 0 Å². The second kappa shape index (κ2) is 7.50. The summed E-state index contributed by atoms with van der Waals surface area (Å²) >= 11 is 1.88. The average Bonchev–Trinajstić information content (AvgIpc) is 3.24. The van der Waals surface area contributed by atoms with Gasteiger partial charge in [-0.3, -0.25) is 4.98 Å². The Kier molecular flexibility index (Phi) is 4.37. The molecule has 31 heavy (non-hydrogen) atoms. The standard InChI is InChI=1S/C29H19NS/c1-2-16-28-25(12-1)26-14-7-13-24(29(26)31-28)22-10-5-8-20(18-22)21-9-6-11-23(19-21)27-15-3-4-17-30-27/h1-19H. The average molecular weight is 414 g/mol. The second-order valence-electron chi connectivity index (χ2n) is 7.66. The number of aromatic nitrogens is 1. The molecular formula is C29H19NS. The molecule has 1 nitrogen and oxygen atoms in total. The van der Waals surface area contributed by atoms with Crippen molar-refractivity contribution in [2.75, 3.05) is 0 Å². The summed E-state index contributed by atoms with van der Waals surface area (Å²) in [7, 11) is 0. The van der Waals surface area contributed by atoms with Gasteiger partial charge in [-0.1, -0.05) is 78.9 Å². The Labute approximate surface area is 185 Å². The smallest absolute Gasteiger partial charge is 0.0702 e. The van der Waals surface area contributed by atoms with Crippen molar-refractivity contribution < 1.29 is 0 Å². The van der Waals surface area contributed by atoms with Gasteiger partial charge in [0.2, 0.25) is 0 Å². The SMILES string of the molecule is c1ccc(-c2cccc(-c3cccc(-c4cccc5c4sc4ccccc45)c3)c2)nc1. The molecule has 0 spiro atoms. The predicted octanol–water partition coefficient (Wildman–Crippen LogP) is 8.45.